The molecule has 1 amide bonds. The van der Waals surface area contributed by atoms with Crippen LogP contribution < -0.4 is 21.1 Å². The van der Waals surface area contributed by atoms with Crippen molar-refractivity contribution in [2.75, 3.05) is 35.8 Å². The number of benzene rings is 1. The zero-order valence-electron chi connectivity index (χ0n) is 20.8. The number of hydrogen-bond donors (Lipinski definition) is 3. The first-order valence-corrected chi connectivity index (χ1v) is 12.8. The summed E-state index contributed by atoms with van der Waals surface area (Å²) in [6.45, 7) is 1.90. The number of H-pyrrole nitrogens is 1. The van der Waals surface area contributed by atoms with Gasteiger partial charge in [-0.1, -0.05) is 0 Å². The number of ether oxygens (including phenoxy) is 1. The Morgan fingerprint density at radius 1 is 1.18 bits per heavy atom. The van der Waals surface area contributed by atoms with Gasteiger partial charge >= 0.3 is 0 Å². The van der Waals surface area contributed by atoms with E-state index in [9.17, 15) is 9.59 Å². The van der Waals surface area contributed by atoms with Gasteiger partial charge in [-0.2, -0.15) is 5.10 Å². The molecule has 3 aromatic heterocycles. The van der Waals surface area contributed by atoms with Crippen molar-refractivity contribution < 1.29 is 13.9 Å². The monoisotopic (exact) mass is 515 g/mol. The molecule has 11 heteroatoms. The Bertz CT molecular complexity index is 1650. The molecule has 3 aliphatic rings. The van der Waals surface area contributed by atoms with E-state index < -0.39 is 5.82 Å². The lowest BCUT2D eigenvalue weighted by molar-refractivity contribution is -0.117. The van der Waals surface area contributed by atoms with Crippen molar-refractivity contribution in [3.63, 3.8) is 0 Å². The summed E-state index contributed by atoms with van der Waals surface area (Å²) < 4.78 is 22.7. The van der Waals surface area contributed by atoms with Gasteiger partial charge in [0.15, 0.2) is 0 Å². The van der Waals surface area contributed by atoms with Crippen molar-refractivity contribution >= 4 is 39.7 Å². The summed E-state index contributed by atoms with van der Waals surface area (Å²) in [6, 6.07) is 6.40. The SMILES string of the molecule is CN1Cc2c(cnn2C2CCOC2)-c2cc(F)cc(Nc3cc(NC(=O)C4CC4)nc4cc[nH]c(=O)c34)c21. The smallest absolute Gasteiger partial charge is 0.259 e. The Labute approximate surface area is 216 Å². The van der Waals surface area contributed by atoms with E-state index in [1.807, 2.05) is 11.7 Å². The van der Waals surface area contributed by atoms with Gasteiger partial charge in [0.1, 0.15) is 11.6 Å². The Morgan fingerprint density at radius 2 is 2.05 bits per heavy atom. The number of aromatic amines is 1. The Hall–Kier alpha value is -4.25. The summed E-state index contributed by atoms with van der Waals surface area (Å²) in [4.78, 5) is 34.5. The van der Waals surface area contributed by atoms with Crippen LogP contribution in [0.15, 0.2) is 41.5 Å². The third kappa shape index (κ3) is 3.81. The second kappa shape index (κ2) is 8.66. The predicted molar refractivity (Wildman–Crippen MR) is 141 cm³/mol. The predicted octanol–water partition coefficient (Wildman–Crippen LogP) is 3.93. The minimum absolute atomic E-state index is 0.00197. The van der Waals surface area contributed by atoms with Crippen LogP contribution in [0.3, 0.4) is 0 Å². The molecular weight excluding hydrogens is 489 g/mol. The maximum absolute atomic E-state index is 15.1. The van der Waals surface area contributed by atoms with Crippen LogP contribution in [0.5, 0.6) is 0 Å². The normalized spacial score (nSPS) is 18.4. The molecule has 1 aliphatic carbocycles. The lowest BCUT2D eigenvalue weighted by atomic mass is 9.97. The fourth-order valence-electron chi connectivity index (χ4n) is 5.49. The molecule has 10 nitrogen and oxygen atoms in total. The van der Waals surface area contributed by atoms with Crippen molar-refractivity contribution in [2.45, 2.75) is 31.8 Å². The number of anilines is 4. The molecule has 0 bridgehead atoms. The molecule has 1 aromatic carbocycles. The maximum Gasteiger partial charge on any atom is 0.259 e. The first-order chi connectivity index (χ1) is 18.5. The number of carbonyl (C=O) groups excluding carboxylic acids is 1. The first-order valence-electron chi connectivity index (χ1n) is 12.8. The minimum atomic E-state index is -0.418. The van der Waals surface area contributed by atoms with Gasteiger partial charge < -0.3 is 25.3 Å². The Balaban J connectivity index is 1.33. The average Bonchev–Trinajstić information content (AvgIpc) is 3.43. The number of hydrogen-bond acceptors (Lipinski definition) is 7. The minimum Gasteiger partial charge on any atom is -0.379 e. The molecular formula is C27H26FN7O3. The zero-order chi connectivity index (χ0) is 26.0. The van der Waals surface area contributed by atoms with E-state index in [4.69, 9.17) is 4.74 Å². The van der Waals surface area contributed by atoms with Crippen LogP contribution in [0, 0.1) is 11.7 Å². The van der Waals surface area contributed by atoms with Gasteiger partial charge in [-0.3, -0.25) is 14.3 Å². The number of carbonyl (C=O) groups is 1. The largest absolute Gasteiger partial charge is 0.379 e. The lowest BCUT2D eigenvalue weighted by Crippen LogP contribution is -2.26. The highest BCUT2D eigenvalue weighted by molar-refractivity contribution is 6.00. The third-order valence-corrected chi connectivity index (χ3v) is 7.48. The Kier molecular flexibility index (Phi) is 5.22. The number of pyridine rings is 2. The molecule has 1 saturated carbocycles. The molecule has 0 radical (unpaired) electrons. The molecule has 1 atom stereocenters. The molecule has 1 saturated heterocycles. The van der Waals surface area contributed by atoms with Crippen LogP contribution >= 0.6 is 0 Å². The van der Waals surface area contributed by atoms with Gasteiger partial charge in [0, 0.05) is 43.0 Å². The second-order valence-electron chi connectivity index (χ2n) is 10.2. The van der Waals surface area contributed by atoms with Crippen molar-refractivity contribution in [2.24, 2.45) is 5.92 Å². The van der Waals surface area contributed by atoms with Gasteiger partial charge in [-0.15, -0.1) is 0 Å². The van der Waals surface area contributed by atoms with Crippen molar-refractivity contribution in [3.8, 4) is 11.1 Å². The van der Waals surface area contributed by atoms with E-state index in [2.05, 4.69) is 30.6 Å². The molecule has 1 unspecified atom stereocenters. The van der Waals surface area contributed by atoms with E-state index in [1.54, 1.807) is 18.3 Å². The summed E-state index contributed by atoms with van der Waals surface area (Å²) in [6.07, 6.45) is 5.92. The number of rotatable bonds is 5. The summed E-state index contributed by atoms with van der Waals surface area (Å²) in [5.41, 5.74) is 4.42. The van der Waals surface area contributed by atoms with E-state index in [0.29, 0.717) is 47.9 Å². The number of fused-ring (bicyclic) bond motifs is 4. The van der Waals surface area contributed by atoms with Gasteiger partial charge in [0.2, 0.25) is 5.91 Å². The van der Waals surface area contributed by atoms with Crippen LogP contribution in [0.4, 0.5) is 27.3 Å². The number of aromatic nitrogens is 4. The zero-order valence-corrected chi connectivity index (χ0v) is 20.8. The molecule has 3 N–H and O–H groups in total. The van der Waals surface area contributed by atoms with Crippen molar-refractivity contribution in [1.29, 1.82) is 0 Å². The van der Waals surface area contributed by atoms with Crippen LogP contribution in [0.25, 0.3) is 22.0 Å². The molecule has 5 heterocycles. The summed E-state index contributed by atoms with van der Waals surface area (Å²) >= 11 is 0. The highest BCUT2D eigenvalue weighted by atomic mass is 19.1. The first kappa shape index (κ1) is 22.9. The highest BCUT2D eigenvalue weighted by Gasteiger charge is 2.32. The molecule has 194 valence electrons. The standard InChI is InChI=1S/C27H26FN7O3/c1-34-12-22-18(11-30-35(22)16-5-7-38-13-16)17-8-15(28)9-21(25(17)34)31-20-10-23(33-26(36)14-2-3-14)32-19-4-6-29-27(37)24(19)20/h4,6,8-11,14,16H,2-3,5,7,12-13H2,1H3,(H,29,37)(H2,31,32,33,36). The molecule has 2 aliphatic heterocycles. The van der Waals surface area contributed by atoms with Gasteiger partial charge in [-0.25, -0.2) is 9.37 Å². The average molecular weight is 516 g/mol. The van der Waals surface area contributed by atoms with Gasteiger partial charge in [-0.05, 0) is 37.5 Å². The quantitative estimate of drug-likeness (QED) is 0.369. The van der Waals surface area contributed by atoms with Crippen LogP contribution in [0.2, 0.25) is 0 Å². The summed E-state index contributed by atoms with van der Waals surface area (Å²) in [7, 11) is 1.95. The molecule has 38 heavy (non-hydrogen) atoms. The number of halogens is 1. The molecule has 4 aromatic rings. The number of amides is 1. The number of nitrogens with zero attached hydrogens (tertiary/aromatic N) is 4. The third-order valence-electron chi connectivity index (χ3n) is 7.48. The molecule has 0 spiro atoms. The number of nitrogens with one attached hydrogen (secondary N) is 3. The lowest BCUT2D eigenvalue weighted by Gasteiger charge is -2.31. The van der Waals surface area contributed by atoms with E-state index in [-0.39, 0.29) is 23.4 Å². The topological polar surface area (TPSA) is 117 Å². The van der Waals surface area contributed by atoms with Crippen molar-refractivity contribution in [3.05, 3.63) is 58.5 Å². The maximum atomic E-state index is 15.1. The molecule has 7 rings (SSSR count). The molecule has 2 fully saturated rings. The van der Waals surface area contributed by atoms with E-state index in [0.717, 1.165) is 41.8 Å². The fraction of sp³-hybridized carbons (Fsp3) is 0.333. The van der Waals surface area contributed by atoms with Gasteiger partial charge in [0.05, 0.1) is 59.0 Å². The van der Waals surface area contributed by atoms with E-state index >= 15 is 4.39 Å². The van der Waals surface area contributed by atoms with E-state index in [1.165, 1.54) is 18.3 Å². The summed E-state index contributed by atoms with van der Waals surface area (Å²) in [5.74, 6) is -0.173. The second-order valence-corrected chi connectivity index (χ2v) is 10.2. The van der Waals surface area contributed by atoms with Crippen LogP contribution in [-0.2, 0) is 16.1 Å². The van der Waals surface area contributed by atoms with Crippen LogP contribution in [-0.4, -0.2) is 45.9 Å². The highest BCUT2D eigenvalue weighted by Crippen LogP contribution is 2.45. The Morgan fingerprint density at radius 3 is 2.84 bits per heavy atom. The summed E-state index contributed by atoms with van der Waals surface area (Å²) in [5, 5.41) is 11.1. The fourth-order valence-corrected chi connectivity index (χ4v) is 5.49. The van der Waals surface area contributed by atoms with Crippen molar-refractivity contribution in [1.82, 2.24) is 19.7 Å². The van der Waals surface area contributed by atoms with Gasteiger partial charge in [0.25, 0.3) is 5.56 Å². The van der Waals surface area contributed by atoms with Crippen LogP contribution in [0.1, 0.15) is 31.0 Å².